The number of ether oxygens (including phenoxy) is 4. The van der Waals surface area contributed by atoms with Crippen molar-refractivity contribution < 1.29 is 18.9 Å². The van der Waals surface area contributed by atoms with Gasteiger partial charge in [-0.25, -0.2) is 0 Å². The summed E-state index contributed by atoms with van der Waals surface area (Å²) in [5.74, 6) is 0. The molecule has 2 N–H and O–H groups in total. The molecule has 0 radical (unpaired) electrons. The lowest BCUT2D eigenvalue weighted by Crippen LogP contribution is -2.27. The summed E-state index contributed by atoms with van der Waals surface area (Å²) in [6.07, 6.45) is 0.779. The summed E-state index contributed by atoms with van der Waals surface area (Å²) in [7, 11) is 0. The Bertz CT molecular complexity index is 300. The van der Waals surface area contributed by atoms with Crippen LogP contribution in [-0.4, -0.2) is 69.4 Å². The summed E-state index contributed by atoms with van der Waals surface area (Å²) in [4.78, 5) is 0. The maximum atomic E-state index is 5.59. The molecule has 7 heteroatoms. The van der Waals surface area contributed by atoms with E-state index in [1.807, 2.05) is 0 Å². The molecule has 1 heterocycles. The molecule has 1 rings (SSSR count). The molecule has 23 heavy (non-hydrogen) atoms. The number of hydrogen-bond donors (Lipinski definition) is 3. The third-order valence-corrected chi connectivity index (χ3v) is 3.43. The van der Waals surface area contributed by atoms with Crippen LogP contribution < -0.4 is 10.6 Å². The Kier molecular flexibility index (Phi) is 10.7. The summed E-state index contributed by atoms with van der Waals surface area (Å²) in [5.41, 5.74) is 0. The molecule has 1 fully saturated rings. The first-order valence-corrected chi connectivity index (χ1v) is 8.95. The van der Waals surface area contributed by atoms with Crippen LogP contribution in [0.2, 0.25) is 0 Å². The van der Waals surface area contributed by atoms with Crippen LogP contribution in [0, 0.1) is 0 Å². The van der Waals surface area contributed by atoms with Crippen LogP contribution in [0.15, 0.2) is 0 Å². The monoisotopic (exact) mass is 350 g/mol. The molecule has 0 spiro atoms. The number of rotatable bonds is 15. The van der Waals surface area contributed by atoms with Gasteiger partial charge in [-0.3, -0.25) is 5.32 Å². The lowest BCUT2D eigenvalue weighted by Gasteiger charge is -2.16. The van der Waals surface area contributed by atoms with E-state index in [-0.39, 0.29) is 17.3 Å². The van der Waals surface area contributed by atoms with Crippen LogP contribution in [0.3, 0.4) is 0 Å². The van der Waals surface area contributed by atoms with Gasteiger partial charge < -0.3 is 24.3 Å². The van der Waals surface area contributed by atoms with E-state index in [0.29, 0.717) is 32.5 Å². The summed E-state index contributed by atoms with van der Waals surface area (Å²) in [5, 5.41) is 6.53. The molecule has 0 saturated carbocycles. The van der Waals surface area contributed by atoms with E-state index in [2.05, 4.69) is 51.0 Å². The van der Waals surface area contributed by atoms with E-state index >= 15 is 0 Å². The first-order chi connectivity index (χ1) is 10.9. The molecule has 0 aliphatic carbocycles. The van der Waals surface area contributed by atoms with Crippen molar-refractivity contribution in [2.75, 3.05) is 46.1 Å². The lowest BCUT2D eigenvalue weighted by atomic mass is 10.1. The third kappa shape index (κ3) is 13.1. The van der Waals surface area contributed by atoms with Crippen molar-refractivity contribution in [2.45, 2.75) is 57.4 Å². The van der Waals surface area contributed by atoms with Gasteiger partial charge in [-0.15, -0.1) is 0 Å². The zero-order valence-electron chi connectivity index (χ0n) is 15.0. The first-order valence-electron chi connectivity index (χ1n) is 8.50. The Morgan fingerprint density at radius 2 is 1.70 bits per heavy atom. The number of thiol groups is 1. The van der Waals surface area contributed by atoms with Gasteiger partial charge in [-0.1, -0.05) is 27.7 Å². The van der Waals surface area contributed by atoms with Gasteiger partial charge in [0, 0.05) is 23.9 Å². The second-order valence-corrected chi connectivity index (χ2v) is 7.86. The summed E-state index contributed by atoms with van der Waals surface area (Å²) in [6, 6.07) is 0.503. The zero-order chi connectivity index (χ0) is 17.1. The van der Waals surface area contributed by atoms with Crippen molar-refractivity contribution >= 4 is 12.6 Å². The molecular weight excluding hydrogens is 316 g/mol. The van der Waals surface area contributed by atoms with E-state index in [0.717, 1.165) is 26.1 Å². The second kappa shape index (κ2) is 11.6. The fourth-order valence-electron chi connectivity index (χ4n) is 1.81. The second-order valence-electron chi connectivity index (χ2n) is 6.65. The fraction of sp³-hybridized carbons (Fsp3) is 1.00. The highest BCUT2D eigenvalue weighted by molar-refractivity contribution is 7.81. The van der Waals surface area contributed by atoms with Gasteiger partial charge in [-0.05, 0) is 6.42 Å². The Morgan fingerprint density at radius 1 is 1.04 bits per heavy atom. The molecule has 0 aromatic carbocycles. The van der Waals surface area contributed by atoms with E-state index in [1.54, 1.807) is 0 Å². The molecule has 0 bridgehead atoms. The molecule has 1 aliphatic rings. The highest BCUT2D eigenvalue weighted by Gasteiger charge is 2.39. The predicted octanol–water partition coefficient (Wildman–Crippen LogP) is 1.40. The summed E-state index contributed by atoms with van der Waals surface area (Å²) >= 11 is 4.46. The van der Waals surface area contributed by atoms with Gasteiger partial charge in [0.15, 0.2) is 12.5 Å². The van der Waals surface area contributed by atoms with Crippen LogP contribution >= 0.6 is 12.6 Å². The van der Waals surface area contributed by atoms with Crippen LogP contribution in [0.1, 0.15) is 34.1 Å². The maximum absolute atomic E-state index is 5.59. The van der Waals surface area contributed by atoms with Crippen LogP contribution in [-0.2, 0) is 18.9 Å². The van der Waals surface area contributed by atoms with Crippen LogP contribution in [0.4, 0.5) is 0 Å². The lowest BCUT2D eigenvalue weighted by molar-refractivity contribution is 0.0459. The Balaban J connectivity index is 1.77. The minimum absolute atomic E-state index is 0.0000116. The molecule has 138 valence electrons. The zero-order valence-corrected chi connectivity index (χ0v) is 15.9. The molecule has 1 aliphatic heterocycles. The first kappa shape index (κ1) is 21.2. The van der Waals surface area contributed by atoms with Gasteiger partial charge >= 0.3 is 0 Å². The van der Waals surface area contributed by atoms with E-state index in [9.17, 15) is 0 Å². The molecule has 1 saturated heterocycles. The van der Waals surface area contributed by atoms with Crippen LogP contribution in [0.25, 0.3) is 0 Å². The Morgan fingerprint density at radius 3 is 2.30 bits per heavy atom. The van der Waals surface area contributed by atoms with Gasteiger partial charge in [0.1, 0.15) is 0 Å². The van der Waals surface area contributed by atoms with E-state index in [4.69, 9.17) is 18.9 Å². The molecular formula is C16H34N2O4S. The quantitative estimate of drug-likeness (QED) is 0.236. The highest BCUT2D eigenvalue weighted by atomic mass is 32.1. The van der Waals surface area contributed by atoms with Gasteiger partial charge in [0.25, 0.3) is 0 Å². The van der Waals surface area contributed by atoms with Crippen molar-refractivity contribution in [1.29, 1.82) is 0 Å². The molecule has 0 aromatic rings. The number of nitrogens with one attached hydrogen (secondary N) is 2. The largest absolute Gasteiger partial charge is 0.378 e. The predicted molar refractivity (Wildman–Crippen MR) is 95.1 cm³/mol. The Hall–Kier alpha value is 0.110. The van der Waals surface area contributed by atoms with Crippen LogP contribution in [0.5, 0.6) is 0 Å². The van der Waals surface area contributed by atoms with Crippen molar-refractivity contribution in [3.05, 3.63) is 0 Å². The minimum Gasteiger partial charge on any atom is -0.378 e. The average Bonchev–Trinajstić information content (AvgIpc) is 3.17. The summed E-state index contributed by atoms with van der Waals surface area (Å²) < 4.78 is 21.9. The van der Waals surface area contributed by atoms with Crippen molar-refractivity contribution in [3.63, 3.8) is 0 Å². The number of epoxide rings is 1. The standard InChI is InChI=1S/C16H34N2O4S/c1-13(2)17-6-9-19-11-12-20-10-7-18-14-15(22-14)21-8-5-16(3,4)23/h13-15,17-18,23H,5-12H2,1-4H3. The average molecular weight is 351 g/mol. The molecule has 2 unspecified atom stereocenters. The van der Waals surface area contributed by atoms with Gasteiger partial charge in [0.2, 0.25) is 0 Å². The van der Waals surface area contributed by atoms with E-state index in [1.165, 1.54) is 0 Å². The third-order valence-electron chi connectivity index (χ3n) is 3.21. The van der Waals surface area contributed by atoms with Gasteiger partial charge in [0.05, 0.1) is 33.0 Å². The minimum atomic E-state index is -0.123. The van der Waals surface area contributed by atoms with E-state index < -0.39 is 0 Å². The molecule has 2 atom stereocenters. The topological polar surface area (TPSA) is 64.3 Å². The van der Waals surface area contributed by atoms with Gasteiger partial charge in [-0.2, -0.15) is 12.6 Å². The smallest absolute Gasteiger partial charge is 0.199 e. The van der Waals surface area contributed by atoms with Crippen molar-refractivity contribution in [1.82, 2.24) is 10.6 Å². The SMILES string of the molecule is CC(C)NCCOCCOCCNC1OC1OCCC(C)(C)S. The summed E-state index contributed by atoms with van der Waals surface area (Å²) in [6.45, 7) is 13.3. The molecule has 6 nitrogen and oxygen atoms in total. The fourth-order valence-corrected chi connectivity index (χ4v) is 1.90. The van der Waals surface area contributed by atoms with Crippen molar-refractivity contribution in [3.8, 4) is 0 Å². The Labute approximate surface area is 146 Å². The van der Waals surface area contributed by atoms with Crippen molar-refractivity contribution in [2.24, 2.45) is 0 Å². The molecule has 0 aromatic heterocycles. The number of hydrogen-bond acceptors (Lipinski definition) is 7. The maximum Gasteiger partial charge on any atom is 0.199 e. The molecule has 0 amide bonds. The normalized spacial score (nSPS) is 21.1. The highest BCUT2D eigenvalue weighted by Crippen LogP contribution is 2.23.